The van der Waals surface area contributed by atoms with E-state index < -0.39 is 5.54 Å². The molecule has 0 fully saturated rings. The molecule has 1 aliphatic rings. The van der Waals surface area contributed by atoms with Crippen molar-refractivity contribution in [1.82, 2.24) is 5.32 Å². The lowest BCUT2D eigenvalue weighted by Gasteiger charge is -2.31. The minimum Gasteiger partial charge on any atom is -0.355 e. The van der Waals surface area contributed by atoms with Crippen LogP contribution in [0.3, 0.4) is 0 Å². The topological polar surface area (TPSA) is 67.5 Å². The van der Waals surface area contributed by atoms with Gasteiger partial charge in [0.1, 0.15) is 11.4 Å². The first-order chi connectivity index (χ1) is 12.7. The van der Waals surface area contributed by atoms with Gasteiger partial charge in [-0.15, -0.1) is 0 Å². The van der Waals surface area contributed by atoms with Crippen LogP contribution in [0.1, 0.15) is 16.7 Å². The van der Waals surface area contributed by atoms with Gasteiger partial charge in [0, 0.05) is 17.7 Å². The Bertz CT molecular complexity index is 929. The molecule has 0 aromatic heterocycles. The van der Waals surface area contributed by atoms with Gasteiger partial charge in [-0.25, -0.2) is 0 Å². The first-order valence-corrected chi connectivity index (χ1v) is 8.37. The summed E-state index contributed by atoms with van der Waals surface area (Å²) in [6, 6.07) is 26.9. The van der Waals surface area contributed by atoms with E-state index in [1.165, 1.54) is 6.07 Å². The Morgan fingerprint density at radius 3 is 2.08 bits per heavy atom. The van der Waals surface area contributed by atoms with E-state index >= 15 is 0 Å². The fourth-order valence-corrected chi connectivity index (χ4v) is 3.35. The van der Waals surface area contributed by atoms with Crippen molar-refractivity contribution >= 4 is 11.5 Å². The van der Waals surface area contributed by atoms with Crippen LogP contribution in [0.25, 0.3) is 0 Å². The molecule has 3 aromatic rings. The molecule has 1 N–H and O–H groups in total. The Morgan fingerprint density at radius 2 is 1.50 bits per heavy atom. The number of non-ortho nitro benzene ring substituents is 1. The van der Waals surface area contributed by atoms with Crippen molar-refractivity contribution in [3.8, 4) is 0 Å². The number of aliphatic imine (C=N–C) groups is 1. The van der Waals surface area contributed by atoms with E-state index in [0.29, 0.717) is 17.9 Å². The summed E-state index contributed by atoms with van der Waals surface area (Å²) in [5, 5.41) is 14.6. The van der Waals surface area contributed by atoms with Gasteiger partial charge in [0.15, 0.2) is 0 Å². The number of benzene rings is 3. The largest absolute Gasteiger partial charge is 0.355 e. The molecule has 0 atom stereocenters. The summed E-state index contributed by atoms with van der Waals surface area (Å²) >= 11 is 0. The van der Waals surface area contributed by atoms with Crippen molar-refractivity contribution in [2.45, 2.75) is 5.54 Å². The minimum atomic E-state index is -0.484. The standard InChI is InChI=1S/C21H17N3O2/c25-24(26)19-13-7-8-16(14-19)20-22-15-21(23-20,17-9-3-1-4-10-17)18-11-5-2-6-12-18/h1-14H,15H2,(H,22,23). The summed E-state index contributed by atoms with van der Waals surface area (Å²) in [7, 11) is 0. The molecule has 26 heavy (non-hydrogen) atoms. The van der Waals surface area contributed by atoms with Crippen LogP contribution >= 0.6 is 0 Å². The van der Waals surface area contributed by atoms with Crippen LogP contribution < -0.4 is 5.32 Å². The number of nitro benzene ring substituents is 1. The van der Waals surface area contributed by atoms with Gasteiger partial charge < -0.3 is 5.32 Å². The molecule has 0 aliphatic carbocycles. The zero-order valence-electron chi connectivity index (χ0n) is 14.0. The van der Waals surface area contributed by atoms with Gasteiger partial charge in [0.2, 0.25) is 0 Å². The number of amidine groups is 1. The van der Waals surface area contributed by atoms with Crippen molar-refractivity contribution in [2.75, 3.05) is 6.54 Å². The first kappa shape index (κ1) is 16.0. The third kappa shape index (κ3) is 2.73. The Hall–Kier alpha value is -3.47. The zero-order valence-corrected chi connectivity index (χ0v) is 14.0. The monoisotopic (exact) mass is 343 g/mol. The summed E-state index contributed by atoms with van der Waals surface area (Å²) in [5.74, 6) is 0.668. The lowest BCUT2D eigenvalue weighted by Crippen LogP contribution is -2.44. The number of hydrogen-bond donors (Lipinski definition) is 1. The maximum atomic E-state index is 11.1. The second-order valence-corrected chi connectivity index (χ2v) is 6.23. The molecule has 0 saturated carbocycles. The van der Waals surface area contributed by atoms with Gasteiger partial charge >= 0.3 is 0 Å². The number of rotatable bonds is 4. The molecule has 0 bridgehead atoms. The van der Waals surface area contributed by atoms with E-state index in [0.717, 1.165) is 11.1 Å². The molecule has 0 saturated heterocycles. The normalized spacial score (nSPS) is 15.2. The van der Waals surface area contributed by atoms with E-state index in [2.05, 4.69) is 29.6 Å². The third-order valence-electron chi connectivity index (χ3n) is 4.67. The average Bonchev–Trinajstić information content (AvgIpc) is 3.16. The fourth-order valence-electron chi connectivity index (χ4n) is 3.35. The number of nitro groups is 1. The van der Waals surface area contributed by atoms with Crippen LogP contribution in [0.4, 0.5) is 5.69 Å². The van der Waals surface area contributed by atoms with Crippen LogP contribution in [0.15, 0.2) is 89.9 Å². The average molecular weight is 343 g/mol. The molecular weight excluding hydrogens is 326 g/mol. The number of nitrogens with one attached hydrogen (secondary N) is 1. The summed E-state index contributed by atoms with van der Waals surface area (Å²) < 4.78 is 0. The zero-order chi connectivity index (χ0) is 18.0. The van der Waals surface area contributed by atoms with Gasteiger partial charge in [-0.05, 0) is 11.1 Å². The van der Waals surface area contributed by atoms with Gasteiger partial charge in [-0.2, -0.15) is 0 Å². The van der Waals surface area contributed by atoms with Crippen molar-refractivity contribution in [3.63, 3.8) is 0 Å². The maximum Gasteiger partial charge on any atom is 0.270 e. The van der Waals surface area contributed by atoms with Gasteiger partial charge in [0.05, 0.1) is 11.5 Å². The molecule has 1 heterocycles. The second-order valence-electron chi connectivity index (χ2n) is 6.23. The molecule has 0 spiro atoms. The lowest BCUT2D eigenvalue weighted by molar-refractivity contribution is -0.384. The molecule has 3 aromatic carbocycles. The van der Waals surface area contributed by atoms with Crippen molar-refractivity contribution in [2.24, 2.45) is 4.99 Å². The lowest BCUT2D eigenvalue weighted by atomic mass is 9.83. The molecule has 0 unspecified atom stereocenters. The fraction of sp³-hybridized carbons (Fsp3) is 0.0952. The predicted octanol–water partition coefficient (Wildman–Crippen LogP) is 3.89. The Balaban J connectivity index is 1.76. The Morgan fingerprint density at radius 1 is 0.885 bits per heavy atom. The highest BCUT2D eigenvalue weighted by atomic mass is 16.6. The summed E-state index contributed by atoms with van der Waals surface area (Å²) in [6.45, 7) is 0.527. The highest BCUT2D eigenvalue weighted by Crippen LogP contribution is 2.34. The molecule has 0 radical (unpaired) electrons. The quantitative estimate of drug-likeness (QED) is 0.577. The predicted molar refractivity (Wildman–Crippen MR) is 101 cm³/mol. The van der Waals surface area contributed by atoms with Crippen LogP contribution in [0.5, 0.6) is 0 Å². The number of hydrogen-bond acceptors (Lipinski definition) is 4. The highest BCUT2D eigenvalue weighted by molar-refractivity contribution is 6.01. The maximum absolute atomic E-state index is 11.1. The van der Waals surface area contributed by atoms with Gasteiger partial charge in [-0.3, -0.25) is 15.1 Å². The van der Waals surface area contributed by atoms with Crippen LogP contribution in [-0.2, 0) is 5.54 Å². The van der Waals surface area contributed by atoms with Gasteiger partial charge in [-0.1, -0.05) is 72.8 Å². The molecule has 5 heteroatoms. The van der Waals surface area contributed by atoms with Crippen LogP contribution in [0, 0.1) is 10.1 Å². The first-order valence-electron chi connectivity index (χ1n) is 8.37. The molecule has 128 valence electrons. The van der Waals surface area contributed by atoms with E-state index in [-0.39, 0.29) is 10.6 Å². The van der Waals surface area contributed by atoms with E-state index in [1.54, 1.807) is 12.1 Å². The van der Waals surface area contributed by atoms with Crippen molar-refractivity contribution < 1.29 is 4.92 Å². The van der Waals surface area contributed by atoms with Crippen LogP contribution in [-0.4, -0.2) is 17.3 Å². The summed E-state index contributed by atoms with van der Waals surface area (Å²) in [5.41, 5.74) is 2.50. The molecule has 5 nitrogen and oxygen atoms in total. The van der Waals surface area contributed by atoms with E-state index in [9.17, 15) is 10.1 Å². The molecule has 0 amide bonds. The smallest absolute Gasteiger partial charge is 0.270 e. The SMILES string of the molecule is O=[N+]([O-])c1cccc(C2=NCC(c3ccccc3)(c3ccccc3)N2)c1. The van der Waals surface area contributed by atoms with Crippen LogP contribution in [0.2, 0.25) is 0 Å². The Labute approximate surface area is 151 Å². The van der Waals surface area contributed by atoms with E-state index in [1.807, 2.05) is 42.5 Å². The second kappa shape index (κ2) is 6.44. The third-order valence-corrected chi connectivity index (χ3v) is 4.67. The molecular formula is C21H17N3O2. The number of nitrogens with zero attached hydrogens (tertiary/aromatic N) is 2. The van der Waals surface area contributed by atoms with E-state index in [4.69, 9.17) is 4.99 Å². The summed E-state index contributed by atoms with van der Waals surface area (Å²) in [6.07, 6.45) is 0. The molecule has 4 rings (SSSR count). The van der Waals surface area contributed by atoms with Crippen molar-refractivity contribution in [1.29, 1.82) is 0 Å². The van der Waals surface area contributed by atoms with Crippen molar-refractivity contribution in [3.05, 3.63) is 112 Å². The summed E-state index contributed by atoms with van der Waals surface area (Å²) in [4.78, 5) is 15.4. The minimum absolute atomic E-state index is 0.0592. The Kier molecular flexibility index (Phi) is 3.97. The van der Waals surface area contributed by atoms with Gasteiger partial charge in [0.25, 0.3) is 5.69 Å². The molecule has 1 aliphatic heterocycles. The highest BCUT2D eigenvalue weighted by Gasteiger charge is 2.39.